The van der Waals surface area contributed by atoms with Crippen molar-refractivity contribution in [2.24, 2.45) is 7.05 Å². The molecular weight excluding hydrogens is 414 g/mol. The topological polar surface area (TPSA) is 90.0 Å². The van der Waals surface area contributed by atoms with Gasteiger partial charge in [0, 0.05) is 29.4 Å². The Morgan fingerprint density at radius 3 is 2.60 bits per heavy atom. The Bertz CT molecular complexity index is 1310. The zero-order chi connectivity index (χ0) is 21.4. The van der Waals surface area contributed by atoms with Crippen LogP contribution in [0, 0.1) is 18.6 Å². The van der Waals surface area contributed by atoms with E-state index in [0.717, 1.165) is 28.2 Å². The number of hydrogen-bond acceptors (Lipinski definition) is 6. The Morgan fingerprint density at radius 1 is 1.20 bits per heavy atom. The molecule has 0 fully saturated rings. The Hall–Kier alpha value is -3.66. The SMILES string of the molecule is Cc1ncc(-c2nn(C)c(=O)o2)cc1-c1ccc(C(=O)Nc2c(F)cccc2F)s1. The van der Waals surface area contributed by atoms with E-state index in [9.17, 15) is 18.4 Å². The van der Waals surface area contributed by atoms with E-state index in [4.69, 9.17) is 4.42 Å². The van der Waals surface area contributed by atoms with Crippen LogP contribution in [0.3, 0.4) is 0 Å². The molecule has 4 aromatic rings. The largest absolute Gasteiger partial charge is 0.437 e. The van der Waals surface area contributed by atoms with Crippen LogP contribution in [0.1, 0.15) is 15.4 Å². The van der Waals surface area contributed by atoms with Crippen LogP contribution in [0.15, 0.2) is 51.8 Å². The molecule has 7 nitrogen and oxygen atoms in total. The maximum atomic E-state index is 13.8. The van der Waals surface area contributed by atoms with Gasteiger partial charge in [0.05, 0.1) is 10.4 Å². The Kier molecular flexibility index (Phi) is 5.00. The average molecular weight is 428 g/mol. The van der Waals surface area contributed by atoms with Gasteiger partial charge in [0.25, 0.3) is 11.8 Å². The van der Waals surface area contributed by atoms with Gasteiger partial charge in [-0.25, -0.2) is 13.6 Å². The summed E-state index contributed by atoms with van der Waals surface area (Å²) in [6.07, 6.45) is 1.53. The van der Waals surface area contributed by atoms with Gasteiger partial charge in [0.1, 0.15) is 17.3 Å². The van der Waals surface area contributed by atoms with Crippen LogP contribution in [-0.2, 0) is 7.05 Å². The number of nitrogens with one attached hydrogen (secondary N) is 1. The summed E-state index contributed by atoms with van der Waals surface area (Å²) in [4.78, 5) is 29.3. The zero-order valence-corrected chi connectivity index (χ0v) is 16.6. The van der Waals surface area contributed by atoms with Crippen LogP contribution >= 0.6 is 11.3 Å². The lowest BCUT2D eigenvalue weighted by Crippen LogP contribution is -2.12. The molecule has 152 valence electrons. The van der Waals surface area contributed by atoms with E-state index in [1.807, 2.05) is 0 Å². The number of benzene rings is 1. The molecule has 0 unspecified atom stereocenters. The lowest BCUT2D eigenvalue weighted by atomic mass is 10.1. The van der Waals surface area contributed by atoms with Crippen molar-refractivity contribution in [2.75, 3.05) is 5.32 Å². The standard InChI is InChI=1S/C20H14F2N4O3S/c1-10-12(8-11(9-23-10)19-25-26(2)20(28)29-19)15-6-7-16(30-15)18(27)24-17-13(21)4-3-5-14(17)22/h3-9H,1-2H3,(H,24,27). The second-order valence-electron chi connectivity index (χ2n) is 6.37. The third-order valence-electron chi connectivity index (χ3n) is 4.32. The monoisotopic (exact) mass is 428 g/mol. The van der Waals surface area contributed by atoms with Gasteiger partial charge in [-0.15, -0.1) is 16.4 Å². The number of para-hydroxylation sites is 1. The smallest absolute Gasteiger partial charge is 0.388 e. The van der Waals surface area contributed by atoms with Gasteiger partial charge in [-0.05, 0) is 37.3 Å². The van der Waals surface area contributed by atoms with E-state index in [2.05, 4.69) is 15.4 Å². The highest BCUT2D eigenvalue weighted by Crippen LogP contribution is 2.33. The molecule has 10 heteroatoms. The van der Waals surface area contributed by atoms with Crippen LogP contribution in [0.2, 0.25) is 0 Å². The predicted molar refractivity (Wildman–Crippen MR) is 107 cm³/mol. The summed E-state index contributed by atoms with van der Waals surface area (Å²) in [6.45, 7) is 1.79. The molecule has 0 saturated carbocycles. The first kappa shape index (κ1) is 19.6. The lowest BCUT2D eigenvalue weighted by molar-refractivity contribution is 0.102. The number of carbonyl (C=O) groups is 1. The number of pyridine rings is 1. The van der Waals surface area contributed by atoms with Gasteiger partial charge in [0.15, 0.2) is 0 Å². The molecule has 0 aliphatic rings. The summed E-state index contributed by atoms with van der Waals surface area (Å²) in [6, 6.07) is 8.36. The molecule has 1 N–H and O–H groups in total. The third kappa shape index (κ3) is 3.64. The average Bonchev–Trinajstić information content (AvgIpc) is 3.32. The molecule has 3 heterocycles. The number of halogens is 2. The number of amides is 1. The second kappa shape index (κ2) is 7.64. The van der Waals surface area contributed by atoms with Crippen LogP contribution in [0.25, 0.3) is 21.9 Å². The van der Waals surface area contributed by atoms with Crippen LogP contribution in [-0.4, -0.2) is 20.7 Å². The maximum absolute atomic E-state index is 13.8. The molecule has 0 aliphatic carbocycles. The molecule has 0 saturated heterocycles. The fourth-order valence-electron chi connectivity index (χ4n) is 2.76. The van der Waals surface area contributed by atoms with E-state index < -0.39 is 29.0 Å². The molecule has 0 bridgehead atoms. The number of thiophene rings is 1. The summed E-state index contributed by atoms with van der Waals surface area (Å²) < 4.78 is 33.7. The van der Waals surface area contributed by atoms with Crippen molar-refractivity contribution in [1.29, 1.82) is 0 Å². The first-order chi connectivity index (χ1) is 14.3. The number of nitrogens with zero attached hydrogens (tertiary/aromatic N) is 3. The lowest BCUT2D eigenvalue weighted by Gasteiger charge is -2.06. The molecule has 0 radical (unpaired) electrons. The highest BCUT2D eigenvalue weighted by molar-refractivity contribution is 7.17. The third-order valence-corrected chi connectivity index (χ3v) is 5.44. The van der Waals surface area contributed by atoms with Gasteiger partial charge in [-0.3, -0.25) is 9.78 Å². The van der Waals surface area contributed by atoms with Crippen molar-refractivity contribution in [1.82, 2.24) is 14.8 Å². The number of carbonyl (C=O) groups excluding carboxylic acids is 1. The van der Waals surface area contributed by atoms with E-state index in [1.165, 1.54) is 19.3 Å². The molecule has 30 heavy (non-hydrogen) atoms. The molecule has 0 aliphatic heterocycles. The second-order valence-corrected chi connectivity index (χ2v) is 7.45. The maximum Gasteiger partial charge on any atom is 0.437 e. The van der Waals surface area contributed by atoms with Crippen LogP contribution < -0.4 is 11.1 Å². The number of anilines is 1. The summed E-state index contributed by atoms with van der Waals surface area (Å²) >= 11 is 1.14. The van der Waals surface area contributed by atoms with E-state index >= 15 is 0 Å². The minimum Gasteiger partial charge on any atom is -0.388 e. The normalized spacial score (nSPS) is 10.9. The summed E-state index contributed by atoms with van der Waals surface area (Å²) in [5.74, 6) is -2.81. The predicted octanol–water partition coefficient (Wildman–Crippen LogP) is 4.00. The molecule has 0 atom stereocenters. The van der Waals surface area contributed by atoms with Crippen molar-refractivity contribution in [3.05, 3.63) is 75.4 Å². The zero-order valence-electron chi connectivity index (χ0n) is 15.8. The molecule has 0 spiro atoms. The van der Waals surface area contributed by atoms with E-state index in [-0.39, 0.29) is 10.8 Å². The number of aromatic nitrogens is 3. The van der Waals surface area contributed by atoms with Crippen molar-refractivity contribution < 1.29 is 18.0 Å². The van der Waals surface area contributed by atoms with Gasteiger partial charge in [-0.2, -0.15) is 4.68 Å². The van der Waals surface area contributed by atoms with E-state index in [0.29, 0.717) is 21.7 Å². The van der Waals surface area contributed by atoms with Crippen molar-refractivity contribution in [3.63, 3.8) is 0 Å². The number of aryl methyl sites for hydroxylation is 2. The Labute approximate surface area is 172 Å². The minimum atomic E-state index is -0.857. The fraction of sp³-hybridized carbons (Fsp3) is 0.100. The van der Waals surface area contributed by atoms with Crippen LogP contribution in [0.4, 0.5) is 14.5 Å². The minimum absolute atomic E-state index is 0.126. The highest BCUT2D eigenvalue weighted by atomic mass is 32.1. The molecule has 4 rings (SSSR count). The number of rotatable bonds is 4. The Balaban J connectivity index is 1.64. The number of hydrogen-bond donors (Lipinski definition) is 1. The summed E-state index contributed by atoms with van der Waals surface area (Å²) in [5.41, 5.74) is 1.40. The van der Waals surface area contributed by atoms with Gasteiger partial charge < -0.3 is 9.73 Å². The summed E-state index contributed by atoms with van der Waals surface area (Å²) in [5, 5.41) is 6.27. The van der Waals surface area contributed by atoms with Gasteiger partial charge in [-0.1, -0.05) is 6.07 Å². The quantitative estimate of drug-likeness (QED) is 0.531. The molecule has 1 amide bonds. The molecule has 1 aromatic carbocycles. The van der Waals surface area contributed by atoms with E-state index in [1.54, 1.807) is 25.1 Å². The summed E-state index contributed by atoms with van der Waals surface area (Å²) in [7, 11) is 1.47. The Morgan fingerprint density at radius 2 is 1.93 bits per heavy atom. The van der Waals surface area contributed by atoms with Crippen molar-refractivity contribution in [2.45, 2.75) is 6.92 Å². The fourth-order valence-corrected chi connectivity index (χ4v) is 3.73. The van der Waals surface area contributed by atoms with Crippen molar-refractivity contribution >= 4 is 22.9 Å². The first-order valence-corrected chi connectivity index (χ1v) is 9.52. The highest BCUT2D eigenvalue weighted by Gasteiger charge is 2.17. The van der Waals surface area contributed by atoms with Gasteiger partial charge >= 0.3 is 5.76 Å². The molecule has 3 aromatic heterocycles. The van der Waals surface area contributed by atoms with Gasteiger partial charge in [0.2, 0.25) is 0 Å². The van der Waals surface area contributed by atoms with Crippen molar-refractivity contribution in [3.8, 4) is 21.9 Å². The van der Waals surface area contributed by atoms with Crippen LogP contribution in [0.5, 0.6) is 0 Å². The molecular formula is C20H14F2N4O3S. The first-order valence-electron chi connectivity index (χ1n) is 8.70.